The van der Waals surface area contributed by atoms with E-state index < -0.39 is 27.8 Å². The minimum atomic E-state index is -4.43. The monoisotopic (exact) mass is 461 g/mol. The SMILES string of the molecule is C[C@@H](C(=O)Nc1ccc(C(F)(F)F)cc1)N1CCC(NS(=O)(=O)c2cccs2)CC1. The number of piperidine rings is 1. The van der Waals surface area contributed by atoms with Crippen molar-refractivity contribution in [3.63, 3.8) is 0 Å². The summed E-state index contributed by atoms with van der Waals surface area (Å²) in [6, 6.07) is 6.81. The lowest BCUT2D eigenvalue weighted by atomic mass is 10.0. The molecule has 2 N–H and O–H groups in total. The Morgan fingerprint density at radius 1 is 1.17 bits per heavy atom. The van der Waals surface area contributed by atoms with Crippen molar-refractivity contribution in [2.45, 2.75) is 42.2 Å². The van der Waals surface area contributed by atoms with Crippen LogP contribution in [0.5, 0.6) is 0 Å². The quantitative estimate of drug-likeness (QED) is 0.690. The minimum absolute atomic E-state index is 0.210. The summed E-state index contributed by atoms with van der Waals surface area (Å²) in [7, 11) is -3.53. The number of thiophene rings is 1. The molecule has 1 aliphatic rings. The maximum Gasteiger partial charge on any atom is 0.416 e. The number of halogens is 3. The summed E-state index contributed by atoms with van der Waals surface area (Å²) in [4.78, 5) is 14.4. The molecule has 1 aliphatic heterocycles. The van der Waals surface area contributed by atoms with Gasteiger partial charge in [0.1, 0.15) is 4.21 Å². The molecule has 164 valence electrons. The molecular weight excluding hydrogens is 439 g/mol. The fourth-order valence-electron chi connectivity index (χ4n) is 3.25. The van der Waals surface area contributed by atoms with E-state index in [9.17, 15) is 26.4 Å². The molecule has 0 radical (unpaired) electrons. The van der Waals surface area contributed by atoms with E-state index in [1.54, 1.807) is 24.4 Å². The number of hydrogen-bond donors (Lipinski definition) is 2. The van der Waals surface area contributed by atoms with E-state index in [1.165, 1.54) is 12.1 Å². The molecule has 0 unspecified atom stereocenters. The number of anilines is 1. The molecule has 1 fully saturated rings. The molecule has 1 atom stereocenters. The van der Waals surface area contributed by atoms with Gasteiger partial charge in [-0.3, -0.25) is 9.69 Å². The van der Waals surface area contributed by atoms with Crippen LogP contribution in [0.2, 0.25) is 0 Å². The van der Waals surface area contributed by atoms with Crippen LogP contribution >= 0.6 is 11.3 Å². The van der Waals surface area contributed by atoms with Gasteiger partial charge in [0, 0.05) is 24.8 Å². The minimum Gasteiger partial charge on any atom is -0.325 e. The normalized spacial score (nSPS) is 17.6. The predicted molar refractivity (Wildman–Crippen MR) is 109 cm³/mol. The number of carbonyl (C=O) groups excluding carboxylic acids is 1. The first-order valence-electron chi connectivity index (χ1n) is 9.34. The van der Waals surface area contributed by atoms with E-state index in [-0.39, 0.29) is 16.2 Å². The zero-order valence-corrected chi connectivity index (χ0v) is 17.8. The number of nitrogens with zero attached hydrogens (tertiary/aromatic N) is 1. The van der Waals surface area contributed by atoms with Crippen molar-refractivity contribution in [3.05, 3.63) is 47.3 Å². The number of sulfonamides is 1. The van der Waals surface area contributed by atoms with Crippen LogP contribution in [0.4, 0.5) is 18.9 Å². The maximum atomic E-state index is 12.6. The third kappa shape index (κ3) is 5.60. The molecule has 1 amide bonds. The number of alkyl halides is 3. The Morgan fingerprint density at radius 2 is 1.80 bits per heavy atom. The molecule has 2 aromatic rings. The number of carbonyl (C=O) groups is 1. The van der Waals surface area contributed by atoms with Crippen LogP contribution in [0.1, 0.15) is 25.3 Å². The average molecular weight is 462 g/mol. The lowest BCUT2D eigenvalue weighted by Crippen LogP contribution is -2.50. The highest BCUT2D eigenvalue weighted by Crippen LogP contribution is 2.30. The second kappa shape index (κ2) is 9.04. The summed E-state index contributed by atoms with van der Waals surface area (Å²) in [6.07, 6.45) is -3.31. The number of nitrogens with one attached hydrogen (secondary N) is 2. The Bertz CT molecular complexity index is 953. The smallest absolute Gasteiger partial charge is 0.325 e. The van der Waals surface area contributed by atoms with Crippen molar-refractivity contribution in [3.8, 4) is 0 Å². The van der Waals surface area contributed by atoms with Crippen LogP contribution in [0, 0.1) is 0 Å². The fourth-order valence-corrected chi connectivity index (χ4v) is 5.57. The number of likely N-dealkylation sites (tertiary alicyclic amines) is 1. The van der Waals surface area contributed by atoms with Gasteiger partial charge in [-0.05, 0) is 55.5 Å². The highest BCUT2D eigenvalue weighted by molar-refractivity contribution is 7.91. The van der Waals surface area contributed by atoms with E-state index in [2.05, 4.69) is 10.0 Å². The van der Waals surface area contributed by atoms with Crippen molar-refractivity contribution in [1.29, 1.82) is 0 Å². The standard InChI is InChI=1S/C19H22F3N3O3S2/c1-13(18(26)23-15-6-4-14(5-7-15)19(20,21)22)25-10-8-16(9-11-25)24-30(27,28)17-3-2-12-29-17/h2-7,12-13,16,24H,8-11H2,1H3,(H,23,26)/t13-/m0/s1. The molecule has 0 saturated carbocycles. The average Bonchev–Trinajstić information content (AvgIpc) is 3.23. The van der Waals surface area contributed by atoms with Gasteiger partial charge >= 0.3 is 6.18 Å². The van der Waals surface area contributed by atoms with Gasteiger partial charge in [0.2, 0.25) is 15.9 Å². The predicted octanol–water partition coefficient (Wildman–Crippen LogP) is 3.54. The summed E-state index contributed by atoms with van der Waals surface area (Å²) in [5.41, 5.74) is -0.487. The summed E-state index contributed by atoms with van der Waals surface area (Å²) in [5, 5.41) is 4.33. The van der Waals surface area contributed by atoms with Gasteiger partial charge in [-0.2, -0.15) is 13.2 Å². The third-order valence-corrected chi connectivity index (χ3v) is 7.94. The van der Waals surface area contributed by atoms with E-state index in [1.807, 2.05) is 4.90 Å². The highest BCUT2D eigenvalue weighted by atomic mass is 32.2. The van der Waals surface area contributed by atoms with Gasteiger partial charge in [0.25, 0.3) is 0 Å². The Morgan fingerprint density at radius 3 is 2.33 bits per heavy atom. The van der Waals surface area contributed by atoms with Gasteiger partial charge in [-0.1, -0.05) is 6.07 Å². The van der Waals surface area contributed by atoms with Crippen molar-refractivity contribution >= 4 is 33.0 Å². The summed E-state index contributed by atoms with van der Waals surface area (Å²) in [5.74, 6) is -0.327. The summed E-state index contributed by atoms with van der Waals surface area (Å²) >= 11 is 1.15. The molecule has 3 rings (SSSR count). The van der Waals surface area contributed by atoms with Crippen LogP contribution in [-0.2, 0) is 21.0 Å². The molecule has 1 aromatic carbocycles. The zero-order chi connectivity index (χ0) is 21.9. The van der Waals surface area contributed by atoms with Crippen molar-refractivity contribution in [1.82, 2.24) is 9.62 Å². The Kier molecular flexibility index (Phi) is 6.85. The summed E-state index contributed by atoms with van der Waals surface area (Å²) in [6.45, 7) is 2.77. The highest BCUT2D eigenvalue weighted by Gasteiger charge is 2.31. The molecular formula is C19H22F3N3O3S2. The van der Waals surface area contributed by atoms with Crippen molar-refractivity contribution in [2.75, 3.05) is 18.4 Å². The molecule has 0 aliphatic carbocycles. The van der Waals surface area contributed by atoms with Gasteiger partial charge in [0.15, 0.2) is 0 Å². The number of amides is 1. The Hall–Kier alpha value is -1.95. The first-order chi connectivity index (χ1) is 14.1. The lowest BCUT2D eigenvalue weighted by Gasteiger charge is -2.35. The van der Waals surface area contributed by atoms with Gasteiger partial charge in [0.05, 0.1) is 11.6 Å². The molecule has 6 nitrogen and oxygen atoms in total. The Labute approximate surface area is 177 Å². The van der Waals surface area contributed by atoms with Crippen LogP contribution in [-0.4, -0.2) is 44.4 Å². The molecule has 30 heavy (non-hydrogen) atoms. The Balaban J connectivity index is 1.51. The lowest BCUT2D eigenvalue weighted by molar-refractivity contribution is -0.137. The summed E-state index contributed by atoms with van der Waals surface area (Å²) < 4.78 is 65.5. The van der Waals surface area contributed by atoms with Gasteiger partial charge in [-0.25, -0.2) is 13.1 Å². The second-order valence-corrected chi connectivity index (χ2v) is 9.99. The van der Waals surface area contributed by atoms with Crippen molar-refractivity contribution < 1.29 is 26.4 Å². The molecule has 0 spiro atoms. The fraction of sp³-hybridized carbons (Fsp3) is 0.421. The molecule has 11 heteroatoms. The van der Waals surface area contributed by atoms with E-state index >= 15 is 0 Å². The van der Waals surface area contributed by atoms with Crippen LogP contribution in [0.15, 0.2) is 46.0 Å². The van der Waals surface area contributed by atoms with Crippen LogP contribution in [0.25, 0.3) is 0 Å². The molecule has 1 saturated heterocycles. The van der Waals surface area contributed by atoms with E-state index in [4.69, 9.17) is 0 Å². The number of rotatable bonds is 6. The maximum absolute atomic E-state index is 12.6. The first-order valence-corrected chi connectivity index (χ1v) is 11.7. The van der Waals surface area contributed by atoms with Gasteiger partial charge in [-0.15, -0.1) is 11.3 Å². The topological polar surface area (TPSA) is 78.5 Å². The molecule has 2 heterocycles. The number of hydrogen-bond acceptors (Lipinski definition) is 5. The third-order valence-electron chi connectivity index (χ3n) is 5.02. The first kappa shape index (κ1) is 22.7. The van der Waals surface area contributed by atoms with Gasteiger partial charge < -0.3 is 5.32 Å². The van der Waals surface area contributed by atoms with E-state index in [0.717, 1.165) is 23.5 Å². The second-order valence-electron chi connectivity index (χ2n) is 7.10. The largest absolute Gasteiger partial charge is 0.416 e. The van der Waals surface area contributed by atoms with Crippen LogP contribution < -0.4 is 10.0 Å². The zero-order valence-electron chi connectivity index (χ0n) is 16.1. The van der Waals surface area contributed by atoms with Crippen LogP contribution in [0.3, 0.4) is 0 Å². The molecule has 0 bridgehead atoms. The number of benzene rings is 1. The van der Waals surface area contributed by atoms with E-state index in [0.29, 0.717) is 31.6 Å². The molecule has 1 aromatic heterocycles. The van der Waals surface area contributed by atoms with Crippen molar-refractivity contribution in [2.24, 2.45) is 0 Å².